The predicted octanol–water partition coefficient (Wildman–Crippen LogP) is 0.873. The number of piperazine rings is 1. The molecular formula is C13H14N6O5S3. The fraction of sp³-hybridized carbons (Fsp3) is 0.385. The number of fused-ring (bicyclic) bond motifs is 1. The van der Waals surface area contributed by atoms with E-state index in [4.69, 9.17) is 0 Å². The zero-order valence-corrected chi connectivity index (χ0v) is 16.4. The number of anilines is 1. The SMILES string of the molecule is Cc1[nH]c(=O)sc1S(=O)(=O)N1CCN(c2nc3sccn3c2[N+](=O)[O-])CC1. The summed E-state index contributed by atoms with van der Waals surface area (Å²) < 4.78 is 28.3. The van der Waals surface area contributed by atoms with Gasteiger partial charge in [-0.25, -0.2) is 8.42 Å². The van der Waals surface area contributed by atoms with Crippen molar-refractivity contribution in [3.8, 4) is 0 Å². The van der Waals surface area contributed by atoms with Gasteiger partial charge >= 0.3 is 10.7 Å². The Bertz CT molecular complexity index is 1180. The van der Waals surface area contributed by atoms with Crippen LogP contribution in [-0.2, 0) is 10.0 Å². The molecule has 0 amide bonds. The van der Waals surface area contributed by atoms with Crippen LogP contribution in [0.4, 0.5) is 11.6 Å². The quantitative estimate of drug-likeness (QED) is 0.479. The Morgan fingerprint density at radius 1 is 1.30 bits per heavy atom. The second-order valence-corrected chi connectivity index (χ2v) is 9.88. The third-order valence-electron chi connectivity index (χ3n) is 4.29. The highest BCUT2D eigenvalue weighted by atomic mass is 32.2. The first-order valence-corrected chi connectivity index (χ1v) is 11.0. The summed E-state index contributed by atoms with van der Waals surface area (Å²) in [7, 11) is -3.78. The lowest BCUT2D eigenvalue weighted by Gasteiger charge is -2.33. The molecule has 0 atom stereocenters. The van der Waals surface area contributed by atoms with E-state index < -0.39 is 19.8 Å². The number of nitrogens with zero attached hydrogens (tertiary/aromatic N) is 5. The van der Waals surface area contributed by atoms with Crippen LogP contribution in [-0.4, -0.2) is 58.2 Å². The maximum absolute atomic E-state index is 12.8. The summed E-state index contributed by atoms with van der Waals surface area (Å²) in [6.07, 6.45) is 1.59. The Hall–Kier alpha value is -2.29. The number of aryl methyl sites for hydroxylation is 1. The molecule has 1 fully saturated rings. The van der Waals surface area contributed by atoms with Gasteiger partial charge in [-0.15, -0.1) is 0 Å². The zero-order valence-electron chi connectivity index (χ0n) is 14.0. The standard InChI is InChI=1S/C13H14N6O5S3/c1-8-11(26-13(20)14-8)27(23,24)17-4-2-16(3-5-17)9-10(19(21)22)18-6-7-25-12(18)15-9/h6-7H,2-5H2,1H3,(H,14,20). The molecule has 0 radical (unpaired) electrons. The molecule has 0 aliphatic carbocycles. The summed E-state index contributed by atoms with van der Waals surface area (Å²) in [5.74, 6) is 0.119. The summed E-state index contributed by atoms with van der Waals surface area (Å²) in [4.78, 5) is 31.1. The van der Waals surface area contributed by atoms with Crippen LogP contribution in [0.3, 0.4) is 0 Å². The average Bonchev–Trinajstić information content (AvgIpc) is 3.28. The molecule has 4 rings (SSSR count). The Balaban J connectivity index is 1.59. The Morgan fingerprint density at radius 2 is 2.00 bits per heavy atom. The largest absolute Gasteiger partial charge is 0.373 e. The second kappa shape index (κ2) is 6.40. The molecule has 11 nitrogen and oxygen atoms in total. The number of imidazole rings is 1. The van der Waals surface area contributed by atoms with Crippen molar-refractivity contribution < 1.29 is 13.3 Å². The second-order valence-electron chi connectivity index (χ2n) is 5.89. The summed E-state index contributed by atoms with van der Waals surface area (Å²) in [5, 5.41) is 13.2. The molecule has 0 bridgehead atoms. The van der Waals surface area contributed by atoms with Gasteiger partial charge in [0.25, 0.3) is 15.0 Å². The van der Waals surface area contributed by atoms with E-state index in [1.54, 1.807) is 23.4 Å². The zero-order chi connectivity index (χ0) is 19.3. The van der Waals surface area contributed by atoms with E-state index in [0.717, 1.165) is 0 Å². The first-order chi connectivity index (χ1) is 12.8. The third-order valence-corrected chi connectivity index (χ3v) is 8.52. The first-order valence-electron chi connectivity index (χ1n) is 7.84. The topological polar surface area (TPSA) is 134 Å². The number of nitro groups is 1. The number of thiazole rings is 2. The van der Waals surface area contributed by atoms with Gasteiger partial charge in [0.05, 0.1) is 0 Å². The van der Waals surface area contributed by atoms with E-state index in [1.807, 2.05) is 0 Å². The van der Waals surface area contributed by atoms with Crippen molar-refractivity contribution in [3.05, 3.63) is 37.1 Å². The van der Waals surface area contributed by atoms with Gasteiger partial charge in [-0.2, -0.15) is 13.7 Å². The van der Waals surface area contributed by atoms with Crippen LogP contribution in [0, 0.1) is 17.0 Å². The van der Waals surface area contributed by atoms with E-state index in [9.17, 15) is 23.3 Å². The van der Waals surface area contributed by atoms with Gasteiger partial charge in [-0.1, -0.05) is 22.7 Å². The fourth-order valence-corrected chi connectivity index (χ4v) is 6.60. The molecular weight excluding hydrogens is 416 g/mol. The maximum Gasteiger partial charge on any atom is 0.373 e. The molecule has 0 aromatic carbocycles. The highest BCUT2D eigenvalue weighted by Gasteiger charge is 2.35. The number of aromatic nitrogens is 3. The number of nitrogens with one attached hydrogen (secondary N) is 1. The predicted molar refractivity (Wildman–Crippen MR) is 100 cm³/mol. The van der Waals surface area contributed by atoms with E-state index in [1.165, 1.54) is 20.0 Å². The normalized spacial score (nSPS) is 16.3. The molecule has 0 saturated carbocycles. The molecule has 0 spiro atoms. The van der Waals surface area contributed by atoms with Gasteiger partial charge in [0.1, 0.15) is 6.20 Å². The van der Waals surface area contributed by atoms with Crippen molar-refractivity contribution >= 4 is 49.3 Å². The van der Waals surface area contributed by atoms with E-state index >= 15 is 0 Å². The molecule has 4 heterocycles. The van der Waals surface area contributed by atoms with Crippen LogP contribution in [0.1, 0.15) is 5.69 Å². The Labute approximate surface area is 160 Å². The van der Waals surface area contributed by atoms with Crippen LogP contribution in [0.2, 0.25) is 0 Å². The lowest BCUT2D eigenvalue weighted by atomic mass is 10.3. The lowest BCUT2D eigenvalue weighted by Crippen LogP contribution is -2.48. The highest BCUT2D eigenvalue weighted by molar-refractivity contribution is 7.91. The smallest absolute Gasteiger partial charge is 0.358 e. The van der Waals surface area contributed by atoms with Crippen LogP contribution < -0.4 is 9.77 Å². The van der Waals surface area contributed by atoms with Crippen LogP contribution in [0.25, 0.3) is 4.96 Å². The molecule has 144 valence electrons. The van der Waals surface area contributed by atoms with Crippen molar-refractivity contribution in [1.29, 1.82) is 0 Å². The van der Waals surface area contributed by atoms with E-state index in [-0.39, 0.29) is 42.0 Å². The minimum atomic E-state index is -3.78. The molecule has 1 N–H and O–H groups in total. The van der Waals surface area contributed by atoms with Crippen molar-refractivity contribution in [2.75, 3.05) is 31.1 Å². The fourth-order valence-electron chi connectivity index (χ4n) is 3.04. The molecule has 3 aromatic heterocycles. The van der Waals surface area contributed by atoms with Crippen LogP contribution in [0.5, 0.6) is 0 Å². The van der Waals surface area contributed by atoms with Crippen LogP contribution in [0.15, 0.2) is 20.6 Å². The third kappa shape index (κ3) is 2.93. The molecule has 1 saturated heterocycles. The average molecular weight is 430 g/mol. The van der Waals surface area contributed by atoms with Gasteiger partial charge in [0.2, 0.25) is 5.82 Å². The van der Waals surface area contributed by atoms with Gasteiger partial charge in [0.15, 0.2) is 4.21 Å². The highest BCUT2D eigenvalue weighted by Crippen LogP contribution is 2.32. The minimum absolute atomic E-state index is 0.00874. The number of sulfonamides is 1. The molecule has 0 unspecified atom stereocenters. The lowest BCUT2D eigenvalue weighted by molar-refractivity contribution is -0.389. The van der Waals surface area contributed by atoms with Gasteiger partial charge in [-0.05, 0) is 11.8 Å². The number of H-pyrrole nitrogens is 1. The van der Waals surface area contributed by atoms with Crippen molar-refractivity contribution in [3.63, 3.8) is 0 Å². The van der Waals surface area contributed by atoms with Gasteiger partial charge in [0, 0.05) is 37.3 Å². The Morgan fingerprint density at radius 3 is 2.59 bits per heavy atom. The molecule has 1 aliphatic rings. The molecule has 14 heteroatoms. The summed E-state index contributed by atoms with van der Waals surface area (Å²) >= 11 is 1.96. The van der Waals surface area contributed by atoms with Gasteiger partial charge < -0.3 is 20.0 Å². The van der Waals surface area contributed by atoms with Crippen molar-refractivity contribution in [2.45, 2.75) is 11.1 Å². The summed E-state index contributed by atoms with van der Waals surface area (Å²) in [6, 6.07) is 0. The molecule has 27 heavy (non-hydrogen) atoms. The van der Waals surface area contributed by atoms with Crippen molar-refractivity contribution in [1.82, 2.24) is 18.7 Å². The molecule has 3 aromatic rings. The van der Waals surface area contributed by atoms with E-state index in [2.05, 4.69) is 9.97 Å². The summed E-state index contributed by atoms with van der Waals surface area (Å²) in [6.45, 7) is 2.38. The summed E-state index contributed by atoms with van der Waals surface area (Å²) in [5.41, 5.74) is 0.317. The monoisotopic (exact) mass is 430 g/mol. The Kier molecular flexibility index (Phi) is 4.29. The van der Waals surface area contributed by atoms with Crippen molar-refractivity contribution in [2.24, 2.45) is 0 Å². The number of hydrogen-bond acceptors (Lipinski definition) is 9. The number of aromatic amines is 1. The number of hydrogen-bond donors (Lipinski definition) is 1. The maximum atomic E-state index is 12.8. The van der Waals surface area contributed by atoms with E-state index in [0.29, 0.717) is 22.0 Å². The van der Waals surface area contributed by atoms with Crippen LogP contribution >= 0.6 is 22.7 Å². The minimum Gasteiger partial charge on any atom is -0.358 e. The molecule has 1 aliphatic heterocycles. The first kappa shape index (κ1) is 18.1. The number of rotatable bonds is 4. The van der Waals surface area contributed by atoms with Gasteiger partial charge in [-0.3, -0.25) is 4.79 Å².